The van der Waals surface area contributed by atoms with Gasteiger partial charge in [0.05, 0.1) is 0 Å². The molecule has 0 atom stereocenters. The summed E-state index contributed by atoms with van der Waals surface area (Å²) in [4.78, 5) is 26.0. The normalized spacial score (nSPS) is 14.4. The van der Waals surface area contributed by atoms with Crippen molar-refractivity contribution in [1.29, 1.82) is 0 Å². The topological polar surface area (TPSA) is 61.4 Å². The van der Waals surface area contributed by atoms with E-state index >= 15 is 0 Å². The maximum absolute atomic E-state index is 12.3. The number of nitrogens with one attached hydrogen (secondary N) is 1. The molecule has 1 aliphatic rings. The van der Waals surface area contributed by atoms with E-state index in [1.807, 2.05) is 11.0 Å². The summed E-state index contributed by atoms with van der Waals surface area (Å²) in [6.07, 6.45) is 3.49. The highest BCUT2D eigenvalue weighted by atomic mass is 32.2. The van der Waals surface area contributed by atoms with Gasteiger partial charge in [-0.2, -0.15) is 0 Å². The molecule has 0 saturated carbocycles. The predicted molar refractivity (Wildman–Crippen MR) is 101 cm³/mol. The van der Waals surface area contributed by atoms with Crippen molar-refractivity contribution in [3.8, 4) is 0 Å². The Morgan fingerprint density at radius 2 is 1.80 bits per heavy atom. The Balaban J connectivity index is 1.36. The Labute approximate surface area is 152 Å². The second-order valence-corrected chi connectivity index (χ2v) is 7.08. The fourth-order valence-corrected chi connectivity index (χ4v) is 3.41. The van der Waals surface area contributed by atoms with Gasteiger partial charge < -0.3 is 15.1 Å². The lowest BCUT2D eigenvalue weighted by Crippen LogP contribution is -2.52. The van der Waals surface area contributed by atoms with E-state index < -0.39 is 0 Å². The Bertz CT molecular complexity index is 672. The summed E-state index contributed by atoms with van der Waals surface area (Å²) < 4.78 is 0. The molecule has 0 bridgehead atoms. The first-order valence-corrected chi connectivity index (χ1v) is 9.45. The fraction of sp³-hybridized carbons (Fsp3) is 0.389. The molecule has 1 aromatic carbocycles. The van der Waals surface area contributed by atoms with Crippen molar-refractivity contribution in [2.24, 2.45) is 0 Å². The largest absolute Gasteiger partial charge is 0.337 e. The van der Waals surface area contributed by atoms with Crippen LogP contribution >= 0.6 is 11.8 Å². The monoisotopic (exact) mass is 357 g/mol. The molecule has 1 fully saturated rings. The second kappa shape index (κ2) is 8.71. The van der Waals surface area contributed by atoms with Gasteiger partial charge in [0.2, 0.25) is 5.95 Å². The van der Waals surface area contributed by atoms with Gasteiger partial charge in [0.25, 0.3) is 0 Å². The molecule has 0 radical (unpaired) electrons. The first-order valence-electron chi connectivity index (χ1n) is 8.46. The molecular weight excluding hydrogens is 334 g/mol. The minimum absolute atomic E-state index is 0.0122. The maximum atomic E-state index is 12.3. The van der Waals surface area contributed by atoms with E-state index in [2.05, 4.69) is 51.4 Å². The van der Waals surface area contributed by atoms with E-state index in [0.29, 0.717) is 19.6 Å². The Kier molecular flexibility index (Phi) is 6.11. The molecule has 0 spiro atoms. The third kappa shape index (κ3) is 5.09. The van der Waals surface area contributed by atoms with Gasteiger partial charge in [0, 0.05) is 55.8 Å². The standard InChI is InChI=1S/C18H23N5OS/c1-15-3-5-16(6-4-15)25-14-9-21-18(24)23-12-10-22(11-13-23)17-19-7-2-8-20-17/h2-8H,9-14H2,1H3,(H,21,24). The smallest absolute Gasteiger partial charge is 0.317 e. The number of nitrogens with zero attached hydrogens (tertiary/aromatic N) is 4. The number of aryl methyl sites for hydroxylation is 1. The average Bonchev–Trinajstić information content (AvgIpc) is 2.67. The van der Waals surface area contributed by atoms with Crippen LogP contribution in [0.1, 0.15) is 5.56 Å². The Morgan fingerprint density at radius 1 is 1.12 bits per heavy atom. The third-order valence-corrected chi connectivity index (χ3v) is 5.08. The van der Waals surface area contributed by atoms with Crippen LogP contribution in [0.4, 0.5) is 10.7 Å². The Hall–Kier alpha value is -2.28. The van der Waals surface area contributed by atoms with Gasteiger partial charge in [-0.05, 0) is 25.1 Å². The highest BCUT2D eigenvalue weighted by Gasteiger charge is 2.21. The number of piperazine rings is 1. The molecule has 7 heteroatoms. The molecule has 6 nitrogen and oxygen atoms in total. The minimum atomic E-state index is 0.0122. The van der Waals surface area contributed by atoms with E-state index in [9.17, 15) is 4.79 Å². The van der Waals surface area contributed by atoms with Gasteiger partial charge in [-0.15, -0.1) is 11.8 Å². The number of thioether (sulfide) groups is 1. The van der Waals surface area contributed by atoms with Gasteiger partial charge in [-0.3, -0.25) is 0 Å². The van der Waals surface area contributed by atoms with Crippen molar-refractivity contribution in [1.82, 2.24) is 20.2 Å². The number of rotatable bonds is 5. The van der Waals surface area contributed by atoms with Gasteiger partial charge in [-0.1, -0.05) is 17.7 Å². The van der Waals surface area contributed by atoms with E-state index in [-0.39, 0.29) is 6.03 Å². The van der Waals surface area contributed by atoms with E-state index in [4.69, 9.17) is 0 Å². The van der Waals surface area contributed by atoms with Gasteiger partial charge >= 0.3 is 6.03 Å². The molecule has 132 valence electrons. The van der Waals surface area contributed by atoms with Gasteiger partial charge in [0.15, 0.2) is 0 Å². The lowest BCUT2D eigenvalue weighted by atomic mass is 10.2. The molecule has 0 unspecified atom stereocenters. The minimum Gasteiger partial charge on any atom is -0.337 e. The van der Waals surface area contributed by atoms with Crippen LogP contribution in [0.3, 0.4) is 0 Å². The number of hydrogen-bond donors (Lipinski definition) is 1. The molecule has 2 heterocycles. The zero-order chi connectivity index (χ0) is 17.5. The first kappa shape index (κ1) is 17.5. The zero-order valence-electron chi connectivity index (χ0n) is 14.4. The first-order chi connectivity index (χ1) is 12.2. The van der Waals surface area contributed by atoms with Crippen molar-refractivity contribution >= 4 is 23.7 Å². The van der Waals surface area contributed by atoms with Crippen LogP contribution in [0, 0.1) is 6.92 Å². The summed E-state index contributed by atoms with van der Waals surface area (Å²) in [6, 6.07) is 10.3. The van der Waals surface area contributed by atoms with Crippen molar-refractivity contribution in [2.45, 2.75) is 11.8 Å². The van der Waals surface area contributed by atoms with E-state index in [0.717, 1.165) is 24.8 Å². The van der Waals surface area contributed by atoms with Crippen LogP contribution in [-0.2, 0) is 0 Å². The predicted octanol–water partition coefficient (Wildman–Crippen LogP) is 2.41. The van der Waals surface area contributed by atoms with Crippen LogP contribution in [0.2, 0.25) is 0 Å². The van der Waals surface area contributed by atoms with E-state index in [1.165, 1.54) is 10.5 Å². The molecule has 3 rings (SSSR count). The molecule has 25 heavy (non-hydrogen) atoms. The van der Waals surface area contributed by atoms with Crippen molar-refractivity contribution in [3.05, 3.63) is 48.3 Å². The third-order valence-electron chi connectivity index (χ3n) is 4.07. The maximum Gasteiger partial charge on any atom is 0.317 e. The summed E-state index contributed by atoms with van der Waals surface area (Å²) in [5.74, 6) is 1.60. The molecule has 2 amide bonds. The summed E-state index contributed by atoms with van der Waals surface area (Å²) in [7, 11) is 0. The lowest BCUT2D eigenvalue weighted by Gasteiger charge is -2.34. The van der Waals surface area contributed by atoms with Gasteiger partial charge in [-0.25, -0.2) is 14.8 Å². The molecular formula is C18H23N5OS. The molecule has 0 aliphatic carbocycles. The number of benzene rings is 1. The number of urea groups is 1. The van der Waals surface area contributed by atoms with E-state index in [1.54, 1.807) is 24.2 Å². The van der Waals surface area contributed by atoms with Crippen LogP contribution < -0.4 is 10.2 Å². The molecule has 2 aromatic rings. The van der Waals surface area contributed by atoms with Crippen molar-refractivity contribution < 1.29 is 4.79 Å². The second-order valence-electron chi connectivity index (χ2n) is 5.92. The molecule has 1 N–H and O–H groups in total. The Morgan fingerprint density at radius 3 is 2.48 bits per heavy atom. The zero-order valence-corrected chi connectivity index (χ0v) is 15.2. The number of carbonyl (C=O) groups excluding carboxylic acids is 1. The molecule has 1 saturated heterocycles. The number of amides is 2. The highest BCUT2D eigenvalue weighted by molar-refractivity contribution is 7.99. The van der Waals surface area contributed by atoms with Crippen LogP contribution in [0.15, 0.2) is 47.6 Å². The average molecular weight is 357 g/mol. The van der Waals surface area contributed by atoms with Gasteiger partial charge in [0.1, 0.15) is 0 Å². The quantitative estimate of drug-likeness (QED) is 0.658. The van der Waals surface area contributed by atoms with Crippen LogP contribution in [0.5, 0.6) is 0 Å². The highest BCUT2D eigenvalue weighted by Crippen LogP contribution is 2.17. The van der Waals surface area contributed by atoms with Crippen molar-refractivity contribution in [3.63, 3.8) is 0 Å². The summed E-state index contributed by atoms with van der Waals surface area (Å²) in [5.41, 5.74) is 1.26. The summed E-state index contributed by atoms with van der Waals surface area (Å²) in [5, 5.41) is 3.00. The van der Waals surface area contributed by atoms with Crippen LogP contribution in [0.25, 0.3) is 0 Å². The summed E-state index contributed by atoms with van der Waals surface area (Å²) in [6.45, 7) is 5.65. The molecule has 1 aliphatic heterocycles. The fourth-order valence-electron chi connectivity index (χ4n) is 2.64. The lowest BCUT2D eigenvalue weighted by molar-refractivity contribution is 0.195. The SMILES string of the molecule is Cc1ccc(SCCNC(=O)N2CCN(c3ncccn3)CC2)cc1. The van der Waals surface area contributed by atoms with Crippen molar-refractivity contribution in [2.75, 3.05) is 43.4 Å². The summed E-state index contributed by atoms with van der Waals surface area (Å²) >= 11 is 1.76. The number of anilines is 1. The number of aromatic nitrogens is 2. The molecule has 1 aromatic heterocycles. The number of hydrogen-bond acceptors (Lipinski definition) is 5. The van der Waals surface area contributed by atoms with Crippen LogP contribution in [-0.4, -0.2) is 59.4 Å². The number of carbonyl (C=O) groups is 1.